The molecular formula is C26H31FN4O3. The van der Waals surface area contributed by atoms with Crippen molar-refractivity contribution in [2.75, 3.05) is 39.4 Å². The molecule has 1 atom stereocenters. The lowest BCUT2D eigenvalue weighted by atomic mass is 10.1. The molecule has 1 fully saturated rings. The van der Waals surface area contributed by atoms with E-state index in [-0.39, 0.29) is 23.5 Å². The lowest BCUT2D eigenvalue weighted by Crippen LogP contribution is -2.41. The number of ether oxygens (including phenoxy) is 1. The van der Waals surface area contributed by atoms with Gasteiger partial charge in [0.25, 0.3) is 5.91 Å². The molecule has 2 aromatic carbocycles. The van der Waals surface area contributed by atoms with Crippen molar-refractivity contribution < 1.29 is 18.3 Å². The highest BCUT2D eigenvalue weighted by molar-refractivity contribution is 5.92. The van der Waals surface area contributed by atoms with Crippen molar-refractivity contribution in [1.82, 2.24) is 20.1 Å². The van der Waals surface area contributed by atoms with E-state index in [1.54, 1.807) is 12.1 Å². The minimum atomic E-state index is -0.281. The summed E-state index contributed by atoms with van der Waals surface area (Å²) in [5.74, 6) is -0.0829. The van der Waals surface area contributed by atoms with Crippen molar-refractivity contribution in [3.63, 3.8) is 0 Å². The molecule has 7 nitrogen and oxygen atoms in total. The maximum absolute atomic E-state index is 13.7. The van der Waals surface area contributed by atoms with Gasteiger partial charge in [0.2, 0.25) is 5.89 Å². The number of hydrogen-bond donors (Lipinski definition) is 1. The number of hydrogen-bond acceptors (Lipinski definition) is 6. The number of benzene rings is 2. The van der Waals surface area contributed by atoms with Crippen LogP contribution in [0.25, 0.3) is 0 Å². The summed E-state index contributed by atoms with van der Waals surface area (Å²) in [5.41, 5.74) is 2.14. The summed E-state index contributed by atoms with van der Waals surface area (Å²) >= 11 is 0. The van der Waals surface area contributed by atoms with Gasteiger partial charge in [0.1, 0.15) is 12.1 Å². The van der Waals surface area contributed by atoms with Crippen molar-refractivity contribution in [1.29, 1.82) is 0 Å². The number of carbonyl (C=O) groups excluding carboxylic acids is 1. The van der Waals surface area contributed by atoms with Gasteiger partial charge < -0.3 is 14.5 Å². The summed E-state index contributed by atoms with van der Waals surface area (Å²) in [7, 11) is 0. The van der Waals surface area contributed by atoms with E-state index in [0.29, 0.717) is 19.0 Å². The van der Waals surface area contributed by atoms with E-state index in [1.165, 1.54) is 12.3 Å². The van der Waals surface area contributed by atoms with Gasteiger partial charge in [-0.05, 0) is 30.2 Å². The van der Waals surface area contributed by atoms with Gasteiger partial charge in [0.05, 0.1) is 25.8 Å². The van der Waals surface area contributed by atoms with Crippen molar-refractivity contribution in [2.45, 2.75) is 26.1 Å². The van der Waals surface area contributed by atoms with Crippen LogP contribution in [0.1, 0.15) is 40.5 Å². The summed E-state index contributed by atoms with van der Waals surface area (Å²) in [5, 5.41) is 2.96. The van der Waals surface area contributed by atoms with E-state index < -0.39 is 0 Å². The normalized spacial score (nSPS) is 15.4. The first kappa shape index (κ1) is 24.1. The first-order chi connectivity index (χ1) is 16.6. The molecule has 1 aliphatic heterocycles. The van der Waals surface area contributed by atoms with Crippen LogP contribution in [0.4, 0.5) is 4.39 Å². The van der Waals surface area contributed by atoms with E-state index in [1.807, 2.05) is 43.3 Å². The van der Waals surface area contributed by atoms with Gasteiger partial charge in [-0.3, -0.25) is 14.6 Å². The molecule has 0 spiro atoms. The summed E-state index contributed by atoms with van der Waals surface area (Å²) < 4.78 is 24.8. The molecule has 1 saturated heterocycles. The molecule has 1 N–H and O–H groups in total. The Bertz CT molecular complexity index is 1050. The molecule has 0 saturated carbocycles. The number of aromatic nitrogens is 1. The quantitative estimate of drug-likeness (QED) is 0.492. The molecule has 180 valence electrons. The smallest absolute Gasteiger partial charge is 0.273 e. The van der Waals surface area contributed by atoms with Crippen LogP contribution in [-0.4, -0.2) is 60.1 Å². The highest BCUT2D eigenvalue weighted by Crippen LogP contribution is 2.15. The Labute approximate surface area is 199 Å². The Morgan fingerprint density at radius 2 is 1.94 bits per heavy atom. The molecule has 0 aliphatic carbocycles. The van der Waals surface area contributed by atoms with Crippen molar-refractivity contribution in [3.05, 3.63) is 89.4 Å². The molecule has 4 rings (SSSR count). The molecular weight excluding hydrogens is 435 g/mol. The summed E-state index contributed by atoms with van der Waals surface area (Å²) in [4.78, 5) is 21.6. The summed E-state index contributed by atoms with van der Waals surface area (Å²) in [6, 6.07) is 16.2. The van der Waals surface area contributed by atoms with Crippen LogP contribution in [0.5, 0.6) is 0 Å². The molecule has 1 aromatic heterocycles. The van der Waals surface area contributed by atoms with E-state index in [4.69, 9.17) is 9.15 Å². The van der Waals surface area contributed by atoms with E-state index >= 15 is 0 Å². The minimum Gasteiger partial charge on any atom is -0.447 e. The number of morpholine rings is 1. The number of nitrogens with zero attached hydrogens (tertiary/aromatic N) is 3. The van der Waals surface area contributed by atoms with Crippen LogP contribution in [0.3, 0.4) is 0 Å². The van der Waals surface area contributed by atoms with E-state index in [0.717, 1.165) is 50.5 Å². The van der Waals surface area contributed by atoms with Gasteiger partial charge >= 0.3 is 0 Å². The van der Waals surface area contributed by atoms with Crippen molar-refractivity contribution in [2.24, 2.45) is 0 Å². The second kappa shape index (κ2) is 11.9. The van der Waals surface area contributed by atoms with Gasteiger partial charge in [-0.2, -0.15) is 0 Å². The minimum absolute atomic E-state index is 0.146. The topological polar surface area (TPSA) is 70.8 Å². The van der Waals surface area contributed by atoms with E-state index in [9.17, 15) is 9.18 Å². The third-order valence-corrected chi connectivity index (χ3v) is 5.92. The molecule has 3 aromatic rings. The number of amides is 1. The van der Waals surface area contributed by atoms with Gasteiger partial charge in [0.15, 0.2) is 5.69 Å². The van der Waals surface area contributed by atoms with Crippen LogP contribution in [-0.2, 0) is 17.8 Å². The lowest BCUT2D eigenvalue weighted by molar-refractivity contribution is 0.0320. The third-order valence-electron chi connectivity index (χ3n) is 5.92. The third kappa shape index (κ3) is 6.96. The van der Waals surface area contributed by atoms with Gasteiger partial charge in [-0.25, -0.2) is 9.37 Å². The molecule has 1 aliphatic rings. The SMILES string of the molecule is CC(NC(=O)c1coc(CN(CCN2CCOCC2)Cc2cccc(F)c2)n1)c1ccccc1. The number of oxazole rings is 1. The monoisotopic (exact) mass is 466 g/mol. The summed E-state index contributed by atoms with van der Waals surface area (Å²) in [6.45, 7) is 7.80. The largest absolute Gasteiger partial charge is 0.447 e. The van der Waals surface area contributed by atoms with Crippen LogP contribution >= 0.6 is 0 Å². The Hall–Kier alpha value is -3.07. The zero-order valence-electron chi connectivity index (χ0n) is 19.5. The highest BCUT2D eigenvalue weighted by Gasteiger charge is 2.19. The predicted molar refractivity (Wildman–Crippen MR) is 127 cm³/mol. The summed E-state index contributed by atoms with van der Waals surface area (Å²) in [6.07, 6.45) is 1.39. The molecule has 8 heteroatoms. The molecule has 0 bridgehead atoms. The lowest BCUT2D eigenvalue weighted by Gasteiger charge is -2.29. The average molecular weight is 467 g/mol. The highest BCUT2D eigenvalue weighted by atomic mass is 19.1. The van der Waals surface area contributed by atoms with Crippen molar-refractivity contribution in [3.8, 4) is 0 Å². The predicted octanol–water partition coefficient (Wildman–Crippen LogP) is 3.64. The second-order valence-corrected chi connectivity index (χ2v) is 8.53. The second-order valence-electron chi connectivity index (χ2n) is 8.53. The maximum Gasteiger partial charge on any atom is 0.273 e. The Kier molecular flexibility index (Phi) is 8.41. The Morgan fingerprint density at radius 1 is 1.15 bits per heavy atom. The zero-order chi connectivity index (χ0) is 23.8. The fraction of sp³-hybridized carbons (Fsp3) is 0.385. The van der Waals surface area contributed by atoms with Crippen LogP contribution in [0.15, 0.2) is 65.3 Å². The number of carbonyl (C=O) groups is 1. The first-order valence-corrected chi connectivity index (χ1v) is 11.6. The standard InChI is InChI=1S/C26H31FN4O3/c1-20(22-7-3-2-4-8-22)28-26(32)24-19-34-25(29-24)18-31(11-10-30-12-14-33-15-13-30)17-21-6-5-9-23(27)16-21/h2-9,16,19-20H,10-15,17-18H2,1H3,(H,28,32). The van der Waals surface area contributed by atoms with Gasteiger partial charge in [-0.1, -0.05) is 42.5 Å². The molecule has 2 heterocycles. The molecule has 34 heavy (non-hydrogen) atoms. The Morgan fingerprint density at radius 3 is 2.71 bits per heavy atom. The number of nitrogens with one attached hydrogen (secondary N) is 1. The number of halogens is 1. The van der Waals surface area contributed by atoms with E-state index in [2.05, 4.69) is 20.1 Å². The fourth-order valence-electron chi connectivity index (χ4n) is 3.99. The van der Waals surface area contributed by atoms with Gasteiger partial charge in [0, 0.05) is 32.7 Å². The van der Waals surface area contributed by atoms with Gasteiger partial charge in [-0.15, -0.1) is 0 Å². The van der Waals surface area contributed by atoms with Crippen molar-refractivity contribution >= 4 is 5.91 Å². The maximum atomic E-state index is 13.7. The average Bonchev–Trinajstić information content (AvgIpc) is 3.32. The Balaban J connectivity index is 1.39. The fourth-order valence-corrected chi connectivity index (χ4v) is 3.99. The van der Waals surface area contributed by atoms with Crippen LogP contribution in [0.2, 0.25) is 0 Å². The first-order valence-electron chi connectivity index (χ1n) is 11.6. The molecule has 1 amide bonds. The zero-order valence-corrected chi connectivity index (χ0v) is 19.5. The van der Waals surface area contributed by atoms with Crippen LogP contribution in [0, 0.1) is 5.82 Å². The van der Waals surface area contributed by atoms with Crippen LogP contribution < -0.4 is 5.32 Å². The number of rotatable bonds is 10. The molecule has 0 radical (unpaired) electrons. The molecule has 1 unspecified atom stereocenters.